The summed E-state index contributed by atoms with van der Waals surface area (Å²) in [6.45, 7) is 11.8. The lowest BCUT2D eigenvalue weighted by Gasteiger charge is -2.33. The van der Waals surface area contributed by atoms with Crippen LogP contribution in [0.4, 0.5) is 4.79 Å². The first-order valence-electron chi connectivity index (χ1n) is 7.89. The maximum atomic E-state index is 12.0. The van der Waals surface area contributed by atoms with Gasteiger partial charge in [-0.2, -0.15) is 0 Å². The van der Waals surface area contributed by atoms with Crippen LogP contribution in [-0.2, 0) is 11.3 Å². The number of likely N-dealkylation sites (tertiary alicyclic amines) is 1. The minimum atomic E-state index is -0.435. The standard InChI is InChI=1S/C16H27N3O3/c1-11-14(12(2)22-18-11)10-17-13-6-8-19(9-7-13)15(20)21-16(3,4)5/h13,17H,6-10H2,1-5H3. The molecule has 1 aromatic heterocycles. The normalized spacial score (nSPS) is 16.9. The number of amides is 1. The van der Waals surface area contributed by atoms with E-state index in [4.69, 9.17) is 9.26 Å². The number of aryl methyl sites for hydroxylation is 2. The van der Waals surface area contributed by atoms with Gasteiger partial charge in [0.05, 0.1) is 5.69 Å². The second kappa shape index (κ2) is 6.69. The zero-order valence-electron chi connectivity index (χ0n) is 14.2. The molecule has 6 nitrogen and oxygen atoms in total. The number of aromatic nitrogens is 1. The van der Waals surface area contributed by atoms with E-state index in [2.05, 4.69) is 10.5 Å². The van der Waals surface area contributed by atoms with Crippen LogP contribution in [0.15, 0.2) is 4.52 Å². The van der Waals surface area contributed by atoms with E-state index in [9.17, 15) is 4.79 Å². The summed E-state index contributed by atoms with van der Waals surface area (Å²) in [4.78, 5) is 13.8. The van der Waals surface area contributed by atoms with Crippen molar-refractivity contribution >= 4 is 6.09 Å². The Morgan fingerprint density at radius 2 is 2.00 bits per heavy atom. The smallest absolute Gasteiger partial charge is 0.410 e. The van der Waals surface area contributed by atoms with E-state index in [1.165, 1.54) is 0 Å². The summed E-state index contributed by atoms with van der Waals surface area (Å²) in [6, 6.07) is 0.410. The minimum absolute atomic E-state index is 0.211. The van der Waals surface area contributed by atoms with Gasteiger partial charge in [0.25, 0.3) is 0 Å². The maximum absolute atomic E-state index is 12.0. The van der Waals surface area contributed by atoms with E-state index in [0.717, 1.165) is 49.5 Å². The number of carbonyl (C=O) groups is 1. The number of hydrogen-bond acceptors (Lipinski definition) is 5. The van der Waals surface area contributed by atoms with Gasteiger partial charge < -0.3 is 19.5 Å². The highest BCUT2D eigenvalue weighted by Gasteiger charge is 2.26. The Balaban J connectivity index is 1.77. The fourth-order valence-electron chi connectivity index (χ4n) is 2.59. The third-order valence-electron chi connectivity index (χ3n) is 3.90. The molecule has 1 aliphatic heterocycles. The number of rotatable bonds is 3. The molecular weight excluding hydrogens is 282 g/mol. The number of ether oxygens (including phenoxy) is 1. The summed E-state index contributed by atoms with van der Waals surface area (Å²) in [5.74, 6) is 0.871. The Morgan fingerprint density at radius 1 is 1.36 bits per heavy atom. The van der Waals surface area contributed by atoms with Gasteiger partial charge in [0.1, 0.15) is 11.4 Å². The second-order valence-corrected chi connectivity index (χ2v) is 6.93. The van der Waals surface area contributed by atoms with Crippen molar-refractivity contribution in [2.45, 2.75) is 65.6 Å². The van der Waals surface area contributed by atoms with Crippen LogP contribution >= 0.6 is 0 Å². The molecule has 2 heterocycles. The van der Waals surface area contributed by atoms with E-state index < -0.39 is 5.60 Å². The quantitative estimate of drug-likeness (QED) is 0.930. The van der Waals surface area contributed by atoms with Crippen LogP contribution in [0.3, 0.4) is 0 Å². The average Bonchev–Trinajstić information content (AvgIpc) is 2.74. The molecule has 1 aromatic rings. The summed E-state index contributed by atoms with van der Waals surface area (Å²) >= 11 is 0. The largest absolute Gasteiger partial charge is 0.444 e. The van der Waals surface area contributed by atoms with Crippen molar-refractivity contribution in [1.29, 1.82) is 0 Å². The van der Waals surface area contributed by atoms with Crippen molar-refractivity contribution in [2.24, 2.45) is 0 Å². The van der Waals surface area contributed by atoms with Gasteiger partial charge in [0, 0.05) is 31.2 Å². The van der Waals surface area contributed by atoms with Gasteiger partial charge in [-0.25, -0.2) is 4.79 Å². The van der Waals surface area contributed by atoms with Gasteiger partial charge in [-0.05, 0) is 47.5 Å². The first-order chi connectivity index (χ1) is 10.3. The summed E-state index contributed by atoms with van der Waals surface area (Å²) < 4.78 is 10.6. The Bertz CT molecular complexity index is 492. The van der Waals surface area contributed by atoms with Crippen molar-refractivity contribution in [2.75, 3.05) is 13.1 Å². The first kappa shape index (κ1) is 16.8. The van der Waals surface area contributed by atoms with Crippen LogP contribution in [0.2, 0.25) is 0 Å². The Kier molecular flexibility index (Phi) is 5.11. The van der Waals surface area contributed by atoms with Crippen LogP contribution < -0.4 is 5.32 Å². The van der Waals surface area contributed by atoms with Crippen molar-refractivity contribution in [3.63, 3.8) is 0 Å². The van der Waals surface area contributed by atoms with Crippen LogP contribution in [0.25, 0.3) is 0 Å². The molecule has 0 spiro atoms. The van der Waals surface area contributed by atoms with Crippen LogP contribution in [0.1, 0.15) is 50.6 Å². The summed E-state index contributed by atoms with van der Waals surface area (Å²) in [5, 5.41) is 7.50. The molecule has 1 aliphatic rings. The molecule has 0 saturated carbocycles. The highest BCUT2D eigenvalue weighted by atomic mass is 16.6. The molecule has 124 valence electrons. The van der Waals surface area contributed by atoms with E-state index >= 15 is 0 Å². The molecule has 6 heteroatoms. The van der Waals surface area contributed by atoms with E-state index in [0.29, 0.717) is 6.04 Å². The summed E-state index contributed by atoms with van der Waals surface area (Å²) in [5.41, 5.74) is 1.64. The summed E-state index contributed by atoms with van der Waals surface area (Å²) in [6.07, 6.45) is 1.65. The molecule has 0 aliphatic carbocycles. The zero-order chi connectivity index (χ0) is 16.3. The molecule has 1 fully saturated rings. The van der Waals surface area contributed by atoms with Crippen LogP contribution in [0.5, 0.6) is 0 Å². The van der Waals surface area contributed by atoms with E-state index in [-0.39, 0.29) is 6.09 Å². The zero-order valence-corrected chi connectivity index (χ0v) is 14.2. The Hall–Kier alpha value is -1.56. The lowest BCUT2D eigenvalue weighted by molar-refractivity contribution is 0.0198. The number of carbonyl (C=O) groups excluding carboxylic acids is 1. The van der Waals surface area contributed by atoms with Crippen LogP contribution in [-0.4, -0.2) is 40.9 Å². The molecule has 0 atom stereocenters. The number of nitrogens with zero attached hydrogens (tertiary/aromatic N) is 2. The van der Waals surface area contributed by atoms with Gasteiger partial charge in [-0.1, -0.05) is 5.16 Å². The van der Waals surface area contributed by atoms with Crippen molar-refractivity contribution in [1.82, 2.24) is 15.4 Å². The van der Waals surface area contributed by atoms with Gasteiger partial charge in [-0.3, -0.25) is 0 Å². The maximum Gasteiger partial charge on any atom is 0.410 e. The lowest BCUT2D eigenvalue weighted by Crippen LogP contribution is -2.46. The molecule has 1 amide bonds. The minimum Gasteiger partial charge on any atom is -0.444 e. The molecule has 1 saturated heterocycles. The SMILES string of the molecule is Cc1noc(C)c1CNC1CCN(C(=O)OC(C)(C)C)CC1. The van der Waals surface area contributed by atoms with Crippen LogP contribution in [0, 0.1) is 13.8 Å². The predicted octanol–water partition coefficient (Wildman–Crippen LogP) is 2.78. The third-order valence-corrected chi connectivity index (χ3v) is 3.90. The molecule has 0 aromatic carbocycles. The van der Waals surface area contributed by atoms with E-state index in [1.54, 1.807) is 4.90 Å². The molecule has 0 bridgehead atoms. The van der Waals surface area contributed by atoms with Crippen molar-refractivity contribution in [3.05, 3.63) is 17.0 Å². The van der Waals surface area contributed by atoms with Gasteiger partial charge in [0.2, 0.25) is 0 Å². The number of piperidine rings is 1. The highest BCUT2D eigenvalue weighted by molar-refractivity contribution is 5.68. The molecule has 0 radical (unpaired) electrons. The first-order valence-corrected chi connectivity index (χ1v) is 7.89. The Labute approximate surface area is 132 Å². The molecule has 0 unspecified atom stereocenters. The Morgan fingerprint density at radius 3 is 2.50 bits per heavy atom. The molecular formula is C16H27N3O3. The summed E-state index contributed by atoms with van der Waals surface area (Å²) in [7, 11) is 0. The molecule has 22 heavy (non-hydrogen) atoms. The molecule has 1 N–H and O–H groups in total. The van der Waals surface area contributed by atoms with Crippen molar-refractivity contribution < 1.29 is 14.1 Å². The van der Waals surface area contributed by atoms with Gasteiger partial charge >= 0.3 is 6.09 Å². The van der Waals surface area contributed by atoms with Gasteiger partial charge in [-0.15, -0.1) is 0 Å². The van der Waals surface area contributed by atoms with Gasteiger partial charge in [0.15, 0.2) is 0 Å². The topological polar surface area (TPSA) is 67.6 Å². The fraction of sp³-hybridized carbons (Fsp3) is 0.750. The predicted molar refractivity (Wildman–Crippen MR) is 83.6 cm³/mol. The second-order valence-electron chi connectivity index (χ2n) is 6.93. The monoisotopic (exact) mass is 309 g/mol. The highest BCUT2D eigenvalue weighted by Crippen LogP contribution is 2.17. The van der Waals surface area contributed by atoms with E-state index in [1.807, 2.05) is 34.6 Å². The van der Waals surface area contributed by atoms with Crippen molar-refractivity contribution in [3.8, 4) is 0 Å². The average molecular weight is 309 g/mol. The molecule has 2 rings (SSSR count). The number of hydrogen-bond donors (Lipinski definition) is 1. The lowest BCUT2D eigenvalue weighted by atomic mass is 10.0. The fourth-order valence-corrected chi connectivity index (χ4v) is 2.59. The number of nitrogens with one attached hydrogen (secondary N) is 1. The third kappa shape index (κ3) is 4.47.